The molecule has 174 valence electrons. The van der Waals surface area contributed by atoms with Crippen LogP contribution in [0.2, 0.25) is 5.02 Å². The van der Waals surface area contributed by atoms with E-state index in [4.69, 9.17) is 25.8 Å². The van der Waals surface area contributed by atoms with Crippen molar-refractivity contribution in [2.45, 2.75) is 56.4 Å². The van der Waals surface area contributed by atoms with Crippen LogP contribution in [0.25, 0.3) is 0 Å². The fraction of sp³-hybridized carbons (Fsp3) is 0.500. The second-order valence-electron chi connectivity index (χ2n) is 8.47. The lowest BCUT2D eigenvalue weighted by Crippen LogP contribution is -2.55. The standard InChI is InChI=1S/C24H29ClO7/c1-13-8-17(31-18-6-7-30-12-18)4-2-14(13)9-16-10-15(3-5-19(16)25)24-23(29)22(28)21(27)20(11-26)32-24/h2-5,8,10,18,20-24,26-29H,6-7,9,11-12H2,1H3. The smallest absolute Gasteiger partial charge is 0.124 e. The molecule has 2 heterocycles. The lowest BCUT2D eigenvalue weighted by molar-refractivity contribution is -0.231. The van der Waals surface area contributed by atoms with E-state index < -0.39 is 37.1 Å². The maximum atomic E-state index is 10.4. The van der Waals surface area contributed by atoms with E-state index in [0.717, 1.165) is 35.5 Å². The Morgan fingerprint density at radius 2 is 1.84 bits per heavy atom. The Labute approximate surface area is 192 Å². The SMILES string of the molecule is Cc1cc(OC2CCOC2)ccc1Cc1cc(C2OC(CO)C(O)C(O)C2O)ccc1Cl. The molecule has 2 saturated heterocycles. The summed E-state index contributed by atoms with van der Waals surface area (Å²) < 4.78 is 17.0. The second kappa shape index (κ2) is 10.1. The molecule has 2 fully saturated rings. The Hall–Kier alpha value is -1.71. The molecule has 0 saturated carbocycles. The van der Waals surface area contributed by atoms with Crippen LogP contribution in [0.15, 0.2) is 36.4 Å². The molecule has 6 atom stereocenters. The number of rotatable bonds is 6. The molecule has 6 unspecified atom stereocenters. The van der Waals surface area contributed by atoms with Gasteiger partial charge in [0.1, 0.15) is 42.4 Å². The summed E-state index contributed by atoms with van der Waals surface area (Å²) in [6, 6.07) is 11.2. The molecule has 4 N–H and O–H groups in total. The highest BCUT2D eigenvalue weighted by atomic mass is 35.5. The molecule has 0 aromatic heterocycles. The molecule has 2 aromatic carbocycles. The number of ether oxygens (including phenoxy) is 3. The van der Waals surface area contributed by atoms with E-state index in [9.17, 15) is 20.4 Å². The van der Waals surface area contributed by atoms with E-state index in [2.05, 4.69) is 0 Å². The third-order valence-corrected chi connectivity index (χ3v) is 6.54. The molecule has 0 amide bonds. The Morgan fingerprint density at radius 3 is 2.53 bits per heavy atom. The van der Waals surface area contributed by atoms with Gasteiger partial charge in [-0.1, -0.05) is 29.8 Å². The average Bonchev–Trinajstić information content (AvgIpc) is 3.29. The van der Waals surface area contributed by atoms with E-state index >= 15 is 0 Å². The van der Waals surface area contributed by atoms with E-state index in [-0.39, 0.29) is 6.10 Å². The molecule has 4 rings (SSSR count). The van der Waals surface area contributed by atoms with Gasteiger partial charge < -0.3 is 34.6 Å². The summed E-state index contributed by atoms with van der Waals surface area (Å²) in [6.07, 6.45) is -4.47. The van der Waals surface area contributed by atoms with Gasteiger partial charge in [0.05, 0.1) is 19.8 Å². The Balaban J connectivity index is 1.53. The fourth-order valence-corrected chi connectivity index (χ4v) is 4.41. The van der Waals surface area contributed by atoms with Gasteiger partial charge in [-0.05, 0) is 53.8 Å². The van der Waals surface area contributed by atoms with Gasteiger partial charge in [-0.15, -0.1) is 0 Å². The van der Waals surface area contributed by atoms with Crippen LogP contribution in [0.1, 0.15) is 34.8 Å². The van der Waals surface area contributed by atoms with Crippen LogP contribution in [0.4, 0.5) is 0 Å². The molecule has 32 heavy (non-hydrogen) atoms. The predicted octanol–water partition coefficient (Wildman–Crippen LogP) is 1.92. The first-order valence-corrected chi connectivity index (χ1v) is 11.2. The number of hydrogen-bond donors (Lipinski definition) is 4. The average molecular weight is 465 g/mol. The first-order valence-electron chi connectivity index (χ1n) is 10.8. The van der Waals surface area contributed by atoms with E-state index in [1.165, 1.54) is 0 Å². The zero-order valence-corrected chi connectivity index (χ0v) is 18.6. The van der Waals surface area contributed by atoms with Crippen LogP contribution in [-0.2, 0) is 15.9 Å². The van der Waals surface area contributed by atoms with Crippen LogP contribution in [0.5, 0.6) is 5.75 Å². The van der Waals surface area contributed by atoms with Crippen molar-refractivity contribution in [1.29, 1.82) is 0 Å². The van der Waals surface area contributed by atoms with Gasteiger partial charge in [-0.3, -0.25) is 0 Å². The minimum absolute atomic E-state index is 0.0879. The molecule has 7 nitrogen and oxygen atoms in total. The van der Waals surface area contributed by atoms with Crippen molar-refractivity contribution in [1.82, 2.24) is 0 Å². The summed E-state index contributed by atoms with van der Waals surface area (Å²) in [5.74, 6) is 0.808. The van der Waals surface area contributed by atoms with Gasteiger partial charge in [0.2, 0.25) is 0 Å². The van der Waals surface area contributed by atoms with Crippen LogP contribution < -0.4 is 4.74 Å². The quantitative estimate of drug-likeness (QED) is 0.517. The van der Waals surface area contributed by atoms with Crippen LogP contribution in [0.3, 0.4) is 0 Å². The first kappa shape index (κ1) is 23.4. The zero-order chi connectivity index (χ0) is 22.8. The number of hydrogen-bond acceptors (Lipinski definition) is 7. The highest BCUT2D eigenvalue weighted by molar-refractivity contribution is 6.31. The molecule has 0 radical (unpaired) electrons. The van der Waals surface area contributed by atoms with E-state index in [1.54, 1.807) is 12.1 Å². The lowest BCUT2D eigenvalue weighted by atomic mass is 9.90. The molecule has 8 heteroatoms. The van der Waals surface area contributed by atoms with Crippen LogP contribution >= 0.6 is 11.6 Å². The van der Waals surface area contributed by atoms with Gasteiger partial charge >= 0.3 is 0 Å². The number of aryl methyl sites for hydroxylation is 1. The minimum Gasteiger partial charge on any atom is -0.488 e. The van der Waals surface area contributed by atoms with Gasteiger partial charge in [0.15, 0.2) is 0 Å². The van der Waals surface area contributed by atoms with Gasteiger partial charge in [0.25, 0.3) is 0 Å². The molecule has 2 aliphatic heterocycles. The largest absolute Gasteiger partial charge is 0.488 e. The number of aliphatic hydroxyl groups is 4. The summed E-state index contributed by atoms with van der Waals surface area (Å²) in [5.41, 5.74) is 3.59. The molecular formula is C24H29ClO7. The molecular weight excluding hydrogens is 436 g/mol. The van der Waals surface area contributed by atoms with Crippen molar-refractivity contribution in [2.75, 3.05) is 19.8 Å². The van der Waals surface area contributed by atoms with E-state index in [0.29, 0.717) is 23.6 Å². The second-order valence-corrected chi connectivity index (χ2v) is 8.88. The van der Waals surface area contributed by atoms with Crippen molar-refractivity contribution in [2.24, 2.45) is 0 Å². The fourth-order valence-electron chi connectivity index (χ4n) is 4.23. The van der Waals surface area contributed by atoms with Crippen molar-refractivity contribution >= 4 is 11.6 Å². The third kappa shape index (κ3) is 4.94. The normalized spacial score (nSPS) is 30.4. The first-order chi connectivity index (χ1) is 15.4. The summed E-state index contributed by atoms with van der Waals surface area (Å²) in [5, 5.41) is 40.6. The maximum absolute atomic E-state index is 10.4. The van der Waals surface area contributed by atoms with Crippen LogP contribution in [-0.4, -0.2) is 70.8 Å². The molecule has 0 spiro atoms. The van der Waals surface area contributed by atoms with Gasteiger partial charge in [-0.2, -0.15) is 0 Å². The summed E-state index contributed by atoms with van der Waals surface area (Å²) in [6.45, 7) is 2.89. The van der Waals surface area contributed by atoms with Crippen molar-refractivity contribution in [3.63, 3.8) is 0 Å². The zero-order valence-electron chi connectivity index (χ0n) is 17.9. The van der Waals surface area contributed by atoms with E-state index in [1.807, 2.05) is 31.2 Å². The van der Waals surface area contributed by atoms with Crippen molar-refractivity contribution in [3.8, 4) is 5.75 Å². The summed E-state index contributed by atoms with van der Waals surface area (Å²) in [4.78, 5) is 0. The van der Waals surface area contributed by atoms with Crippen molar-refractivity contribution in [3.05, 3.63) is 63.7 Å². The Kier molecular flexibility index (Phi) is 7.37. The van der Waals surface area contributed by atoms with Crippen molar-refractivity contribution < 1.29 is 34.6 Å². The lowest BCUT2D eigenvalue weighted by Gasteiger charge is -2.40. The summed E-state index contributed by atoms with van der Waals surface area (Å²) >= 11 is 6.45. The van der Waals surface area contributed by atoms with Gasteiger partial charge in [0, 0.05) is 11.4 Å². The van der Waals surface area contributed by atoms with Gasteiger partial charge in [-0.25, -0.2) is 0 Å². The Bertz CT molecular complexity index is 929. The maximum Gasteiger partial charge on any atom is 0.124 e. The molecule has 2 aromatic rings. The number of halogens is 1. The number of aliphatic hydroxyl groups excluding tert-OH is 4. The monoisotopic (exact) mass is 464 g/mol. The predicted molar refractivity (Wildman–Crippen MR) is 118 cm³/mol. The molecule has 0 bridgehead atoms. The van der Waals surface area contributed by atoms with Crippen LogP contribution in [0, 0.1) is 6.92 Å². The Morgan fingerprint density at radius 1 is 1.03 bits per heavy atom. The number of benzene rings is 2. The molecule has 2 aliphatic rings. The topological polar surface area (TPSA) is 109 Å². The highest BCUT2D eigenvalue weighted by Crippen LogP contribution is 2.35. The minimum atomic E-state index is -1.43. The molecule has 0 aliphatic carbocycles. The highest BCUT2D eigenvalue weighted by Gasteiger charge is 2.44. The third-order valence-electron chi connectivity index (χ3n) is 6.18. The summed E-state index contributed by atoms with van der Waals surface area (Å²) in [7, 11) is 0.